The lowest BCUT2D eigenvalue weighted by Gasteiger charge is -2.61. The van der Waals surface area contributed by atoms with E-state index in [0.29, 0.717) is 0 Å². The van der Waals surface area contributed by atoms with E-state index in [1.807, 2.05) is 6.07 Å². The monoisotopic (exact) mass is 1480 g/mol. The van der Waals surface area contributed by atoms with Crippen molar-refractivity contribution in [2.75, 3.05) is 9.80 Å². The molecule has 27 rings (SSSR count). The molecule has 8 fully saturated rings. The maximum Gasteiger partial charge on any atom is 0.137 e. The van der Waals surface area contributed by atoms with Crippen LogP contribution in [0.2, 0.25) is 0 Å². The van der Waals surface area contributed by atoms with Gasteiger partial charge >= 0.3 is 0 Å². The van der Waals surface area contributed by atoms with E-state index >= 15 is 0 Å². The van der Waals surface area contributed by atoms with Crippen LogP contribution in [0.25, 0.3) is 122 Å². The Labute approximate surface area is 673 Å². The molecule has 2 aromatic heterocycles. The minimum atomic E-state index is 0.166. The van der Waals surface area contributed by atoms with Gasteiger partial charge in [-0.15, -0.1) is 0 Å². The largest absolute Gasteiger partial charge is 0.456 e. The molecule has 8 saturated carbocycles. The molecule has 2 heterocycles. The second-order valence-corrected chi connectivity index (χ2v) is 35.0. The summed E-state index contributed by atoms with van der Waals surface area (Å²) in [5.74, 6) is 6.83. The molecule has 0 atom stereocenters. The highest BCUT2D eigenvalue weighted by Gasteiger charge is 2.63. The highest BCUT2D eigenvalue weighted by atomic mass is 16.3. The summed E-state index contributed by atoms with van der Waals surface area (Å²) >= 11 is 0. The van der Waals surface area contributed by atoms with Crippen LogP contribution in [0.15, 0.2) is 355 Å². The molecule has 2 spiro atoms. The van der Waals surface area contributed by atoms with E-state index in [4.69, 9.17) is 8.83 Å². The van der Waals surface area contributed by atoms with Crippen molar-refractivity contribution in [1.29, 1.82) is 0 Å². The third kappa shape index (κ3) is 10.4. The minimum Gasteiger partial charge on any atom is -0.456 e. The fourth-order valence-electron chi connectivity index (χ4n) is 25.1. The van der Waals surface area contributed by atoms with Crippen LogP contribution >= 0.6 is 0 Å². The Bertz CT molecular complexity index is 6650. The molecule has 10 aliphatic rings. The second kappa shape index (κ2) is 26.3. The average molecular weight is 1480 g/mol. The van der Waals surface area contributed by atoms with Crippen LogP contribution < -0.4 is 9.80 Å². The van der Waals surface area contributed by atoms with Crippen LogP contribution in [-0.4, -0.2) is 0 Å². The van der Waals surface area contributed by atoms with E-state index in [1.165, 1.54) is 148 Å². The Hall–Kier alpha value is -12.5. The van der Waals surface area contributed by atoms with E-state index in [2.05, 4.69) is 356 Å². The topological polar surface area (TPSA) is 32.8 Å². The Morgan fingerprint density at radius 3 is 1.03 bits per heavy atom. The number of para-hydroxylation sites is 2. The molecule has 8 bridgehead atoms. The maximum atomic E-state index is 6.47. The van der Waals surface area contributed by atoms with Crippen LogP contribution in [-0.2, 0) is 10.8 Å². The van der Waals surface area contributed by atoms with Gasteiger partial charge in [0.1, 0.15) is 22.3 Å². The first-order valence-corrected chi connectivity index (χ1v) is 42.4. The first-order chi connectivity index (χ1) is 56.8. The number of anilines is 6. The smallest absolute Gasteiger partial charge is 0.137 e. The molecule has 0 unspecified atom stereocenters. The van der Waals surface area contributed by atoms with Gasteiger partial charge in [-0.1, -0.05) is 249 Å². The highest BCUT2D eigenvalue weighted by Crippen LogP contribution is 2.72. The molecule has 17 aromatic rings. The van der Waals surface area contributed by atoms with Crippen molar-refractivity contribution in [2.45, 2.75) is 82.0 Å². The second-order valence-electron chi connectivity index (χ2n) is 35.0. The lowest BCUT2D eigenvalue weighted by molar-refractivity contribution is -0.0399. The van der Waals surface area contributed by atoms with Crippen LogP contribution in [0.5, 0.6) is 0 Å². The zero-order valence-electron chi connectivity index (χ0n) is 64.8. The molecule has 115 heavy (non-hydrogen) atoms. The standard InChI is InChI=1S/C58H45NO.C53H43NO/c1-3-12-39(13-4-1)40-22-25-45(26-23-40)59(54-19-11-21-56-57(54)49-17-8-10-20-55(49)60-56)46-27-28-47(50(36-46)41-14-5-2-6-15-41)42-24-29-53-51(35-42)48-16-7-9-18-52(48)58(53)43-31-37-30-38(33-43)34-44(58)32-37;1-33-26-42(54(41-21-18-37(19-22-41)36-10-3-2-4-11-36)49-15-9-17-51-52(49)45-13-6-8-16-50(45)55-51)23-24-43(33)38-20-25-48-46(32-38)44-12-5-7-14-47(44)53(48)39-28-34-27-35(30-39)31-40(53)29-34/h1-29,35-38,43-44H,30-34H2;2-26,32,34-35,39-40H,27-31H2,1H3. The summed E-state index contributed by atoms with van der Waals surface area (Å²) in [6, 6.07) is 128. The molecule has 0 amide bonds. The van der Waals surface area contributed by atoms with E-state index in [0.717, 1.165) is 125 Å². The van der Waals surface area contributed by atoms with Gasteiger partial charge < -0.3 is 18.6 Å². The van der Waals surface area contributed by atoms with Gasteiger partial charge in [0.05, 0.1) is 22.1 Å². The maximum absolute atomic E-state index is 6.47. The van der Waals surface area contributed by atoms with Gasteiger partial charge in [-0.05, 0) is 321 Å². The zero-order chi connectivity index (χ0) is 75.6. The number of benzene rings is 15. The van der Waals surface area contributed by atoms with Gasteiger partial charge in [0.25, 0.3) is 0 Å². The number of nitrogens with zero attached hydrogens (tertiary/aromatic N) is 2. The summed E-state index contributed by atoms with van der Waals surface area (Å²) in [5.41, 5.74) is 36.6. The van der Waals surface area contributed by atoms with Crippen molar-refractivity contribution in [2.24, 2.45) is 47.3 Å². The van der Waals surface area contributed by atoms with Gasteiger partial charge in [-0.2, -0.15) is 0 Å². The van der Waals surface area contributed by atoms with Crippen molar-refractivity contribution in [3.63, 3.8) is 0 Å². The molecule has 10 aliphatic carbocycles. The Balaban J connectivity index is 0.000000133. The third-order valence-electron chi connectivity index (χ3n) is 29.3. The van der Waals surface area contributed by atoms with E-state index < -0.39 is 0 Å². The number of hydrogen-bond acceptors (Lipinski definition) is 4. The Kier molecular flexibility index (Phi) is 15.3. The SMILES string of the molecule is Cc1cc(N(c2ccc(-c3ccccc3)cc2)c2cccc3oc4ccccc4c23)ccc1-c1ccc2c(c1)-c1ccccc1C21C2CC3CC(C2)CC1C3.c1ccc(-c2ccc(N(c3ccc(-c4ccc5c(c4)-c4ccccc4C54C5CC6CC(C5)CC4C6)c(-c4ccccc4)c3)c3cccc4oc5ccccc5c34)cc2)cc1. The number of hydrogen-bond donors (Lipinski definition) is 0. The number of aryl methyl sites for hydroxylation is 1. The number of fused-ring (bicyclic) bond motifs is 12. The fourth-order valence-corrected chi connectivity index (χ4v) is 25.1. The minimum absolute atomic E-state index is 0.166. The quantitative estimate of drug-likeness (QED) is 0.129. The third-order valence-corrected chi connectivity index (χ3v) is 29.3. The first kappa shape index (κ1) is 67.0. The Morgan fingerprint density at radius 1 is 0.235 bits per heavy atom. The molecule has 4 heteroatoms. The molecule has 0 radical (unpaired) electrons. The van der Waals surface area contributed by atoms with Crippen LogP contribution in [0, 0.1) is 54.3 Å². The van der Waals surface area contributed by atoms with Gasteiger partial charge in [0.15, 0.2) is 0 Å². The van der Waals surface area contributed by atoms with Crippen molar-refractivity contribution in [1.82, 2.24) is 0 Å². The summed E-state index contributed by atoms with van der Waals surface area (Å²) in [5, 5.41) is 4.48. The van der Waals surface area contributed by atoms with Crippen molar-refractivity contribution < 1.29 is 8.83 Å². The van der Waals surface area contributed by atoms with Gasteiger partial charge in [0, 0.05) is 44.4 Å². The molecule has 4 nitrogen and oxygen atoms in total. The molecule has 0 aliphatic heterocycles. The van der Waals surface area contributed by atoms with Crippen LogP contribution in [0.3, 0.4) is 0 Å². The van der Waals surface area contributed by atoms with E-state index in [9.17, 15) is 0 Å². The normalized spacial score (nSPS) is 22.5. The summed E-state index contributed by atoms with van der Waals surface area (Å²) in [6.45, 7) is 2.28. The fraction of sp³-hybridized carbons (Fsp3) is 0.189. The molecule has 0 saturated heterocycles. The lowest BCUT2D eigenvalue weighted by atomic mass is 9.43. The summed E-state index contributed by atoms with van der Waals surface area (Å²) in [7, 11) is 0. The lowest BCUT2D eigenvalue weighted by Crippen LogP contribution is -2.55. The predicted molar refractivity (Wildman–Crippen MR) is 475 cm³/mol. The number of rotatable bonds is 11. The van der Waals surface area contributed by atoms with Crippen molar-refractivity contribution in [3.05, 3.63) is 374 Å². The summed E-state index contributed by atoms with van der Waals surface area (Å²) in [6.07, 6.45) is 14.2. The zero-order valence-corrected chi connectivity index (χ0v) is 64.8. The van der Waals surface area contributed by atoms with Gasteiger partial charge in [-0.25, -0.2) is 0 Å². The van der Waals surface area contributed by atoms with Crippen LogP contribution in [0.4, 0.5) is 34.1 Å². The van der Waals surface area contributed by atoms with Crippen molar-refractivity contribution in [3.8, 4) is 77.9 Å². The molecule has 0 N–H and O–H groups in total. The van der Waals surface area contributed by atoms with Gasteiger partial charge in [-0.3, -0.25) is 0 Å². The van der Waals surface area contributed by atoms with Crippen LogP contribution in [0.1, 0.15) is 92.0 Å². The molecule has 15 aromatic carbocycles. The summed E-state index contributed by atoms with van der Waals surface area (Å²) in [4.78, 5) is 4.83. The highest BCUT2D eigenvalue weighted by molar-refractivity contribution is 6.15. The summed E-state index contributed by atoms with van der Waals surface area (Å²) < 4.78 is 12.9. The average Bonchev–Trinajstić information content (AvgIpc) is 1.54. The molecular weight excluding hydrogens is 1390 g/mol. The predicted octanol–water partition coefficient (Wildman–Crippen LogP) is 30.2. The number of furan rings is 2. The van der Waals surface area contributed by atoms with E-state index in [1.54, 1.807) is 22.3 Å². The molecular formula is C111H88N2O2. The van der Waals surface area contributed by atoms with Gasteiger partial charge in [0.2, 0.25) is 0 Å². The Morgan fingerprint density at radius 2 is 0.583 bits per heavy atom. The van der Waals surface area contributed by atoms with E-state index in [-0.39, 0.29) is 10.8 Å². The molecule has 554 valence electrons. The van der Waals surface area contributed by atoms with Crippen molar-refractivity contribution >= 4 is 78.0 Å². The first-order valence-electron chi connectivity index (χ1n) is 42.4.